The third kappa shape index (κ3) is 2.88. The van der Waals surface area contributed by atoms with Gasteiger partial charge in [-0.2, -0.15) is 0 Å². The van der Waals surface area contributed by atoms with Crippen LogP contribution in [0.2, 0.25) is 0 Å². The van der Waals surface area contributed by atoms with E-state index in [-0.39, 0.29) is 22.1 Å². The molecule has 5 atom stereocenters. The molecular weight excluding hydrogens is 420 g/mol. The average molecular weight is 447 g/mol. The number of ether oxygens (including phenoxy) is 1. The summed E-state index contributed by atoms with van der Waals surface area (Å²) in [5.41, 5.74) is 3.24. The molecule has 0 radical (unpaired) electrons. The van der Waals surface area contributed by atoms with Crippen molar-refractivity contribution < 1.29 is 13.2 Å². The molecular formula is C23H27ClN2O3S. The first kappa shape index (κ1) is 20.2. The highest BCUT2D eigenvalue weighted by atomic mass is 35.5. The molecule has 2 aromatic rings. The van der Waals surface area contributed by atoms with Gasteiger partial charge in [0.2, 0.25) is 0 Å². The van der Waals surface area contributed by atoms with Crippen molar-refractivity contribution in [2.45, 2.75) is 41.5 Å². The molecule has 0 amide bonds. The Balaban J connectivity index is 1.58. The van der Waals surface area contributed by atoms with Crippen LogP contribution in [0.4, 0.5) is 5.69 Å². The number of methoxy groups -OCH3 is 1. The molecule has 1 fully saturated rings. The molecule has 0 bridgehead atoms. The Bertz CT molecular complexity index is 1070. The van der Waals surface area contributed by atoms with E-state index in [9.17, 15) is 8.42 Å². The van der Waals surface area contributed by atoms with E-state index >= 15 is 0 Å². The van der Waals surface area contributed by atoms with Crippen molar-refractivity contribution in [3.05, 3.63) is 53.6 Å². The zero-order valence-electron chi connectivity index (χ0n) is 17.5. The van der Waals surface area contributed by atoms with Crippen molar-refractivity contribution in [1.82, 2.24) is 4.90 Å². The van der Waals surface area contributed by atoms with Crippen LogP contribution in [0.25, 0.3) is 0 Å². The van der Waals surface area contributed by atoms with Gasteiger partial charge in [-0.15, -0.1) is 11.6 Å². The first-order valence-corrected chi connectivity index (χ1v) is 12.3. The van der Waals surface area contributed by atoms with Crippen molar-refractivity contribution in [3.8, 4) is 5.75 Å². The fourth-order valence-corrected chi connectivity index (χ4v) is 7.65. The van der Waals surface area contributed by atoms with E-state index in [1.165, 1.54) is 11.1 Å². The van der Waals surface area contributed by atoms with Crippen LogP contribution in [0.1, 0.15) is 36.3 Å². The second-order valence-electron chi connectivity index (χ2n) is 8.88. The third-order valence-corrected chi connectivity index (χ3v) is 9.65. The molecule has 0 aromatic heterocycles. The number of halogens is 1. The van der Waals surface area contributed by atoms with Crippen LogP contribution >= 0.6 is 11.6 Å². The molecule has 5 rings (SSSR count). The summed E-state index contributed by atoms with van der Waals surface area (Å²) in [6.07, 6.45) is 0.940. The van der Waals surface area contributed by atoms with Gasteiger partial charge in [0.15, 0.2) is 0 Å². The number of benzene rings is 2. The Morgan fingerprint density at radius 3 is 2.53 bits per heavy atom. The molecule has 0 N–H and O–H groups in total. The summed E-state index contributed by atoms with van der Waals surface area (Å²) in [7, 11) is 0.0974. The molecule has 2 aliphatic heterocycles. The standard InChI is InChI=1S/C23H27ClN2O3S/c1-14-12-25(2)20-11-15-13-26(30(27,28)17-9-7-16(29-3)8-10-17)19-6-4-5-18(21(15)19)22(20)23(14)24/h4-10,14-15,20,22-23H,11-13H2,1-3H3/t14-,15-,20-,22-,23+/m1/s1. The van der Waals surface area contributed by atoms with Gasteiger partial charge in [-0.3, -0.25) is 4.31 Å². The van der Waals surface area contributed by atoms with Crippen LogP contribution in [0.5, 0.6) is 5.75 Å². The van der Waals surface area contributed by atoms with E-state index in [1.54, 1.807) is 35.7 Å². The molecule has 1 aliphatic carbocycles. The quantitative estimate of drug-likeness (QED) is 0.668. The lowest BCUT2D eigenvalue weighted by Crippen LogP contribution is -2.52. The Morgan fingerprint density at radius 1 is 1.10 bits per heavy atom. The second kappa shape index (κ2) is 7.14. The van der Waals surface area contributed by atoms with Gasteiger partial charge >= 0.3 is 0 Å². The van der Waals surface area contributed by atoms with E-state index in [1.807, 2.05) is 12.1 Å². The Labute approximate surface area is 183 Å². The van der Waals surface area contributed by atoms with Crippen LogP contribution in [-0.2, 0) is 10.0 Å². The molecule has 160 valence electrons. The molecule has 1 saturated heterocycles. The minimum Gasteiger partial charge on any atom is -0.497 e. The van der Waals surface area contributed by atoms with Gasteiger partial charge in [0, 0.05) is 36.3 Å². The number of nitrogens with zero attached hydrogens (tertiary/aromatic N) is 2. The summed E-state index contributed by atoms with van der Waals surface area (Å²) in [5.74, 6) is 1.47. The van der Waals surface area contributed by atoms with E-state index < -0.39 is 10.0 Å². The van der Waals surface area contributed by atoms with Crippen molar-refractivity contribution in [2.24, 2.45) is 5.92 Å². The van der Waals surface area contributed by atoms with Crippen LogP contribution < -0.4 is 9.04 Å². The summed E-state index contributed by atoms with van der Waals surface area (Å²) in [4.78, 5) is 2.71. The Hall–Kier alpha value is -1.76. The van der Waals surface area contributed by atoms with Crippen molar-refractivity contribution in [1.29, 1.82) is 0 Å². The first-order chi connectivity index (χ1) is 14.3. The number of rotatable bonds is 3. The summed E-state index contributed by atoms with van der Waals surface area (Å²) < 4.78 is 33.8. The molecule has 7 heteroatoms. The number of alkyl halides is 1. The smallest absolute Gasteiger partial charge is 0.264 e. The van der Waals surface area contributed by atoms with Crippen LogP contribution in [0.15, 0.2) is 47.4 Å². The average Bonchev–Trinajstić information content (AvgIpc) is 3.13. The number of piperidine rings is 1. The lowest BCUT2D eigenvalue weighted by Gasteiger charge is -2.49. The number of anilines is 1. The number of fused-ring (bicyclic) bond motifs is 2. The highest BCUT2D eigenvalue weighted by Gasteiger charge is 2.50. The Morgan fingerprint density at radius 2 is 1.83 bits per heavy atom. The molecule has 3 aliphatic rings. The van der Waals surface area contributed by atoms with E-state index in [0.717, 1.165) is 18.7 Å². The molecule has 2 heterocycles. The van der Waals surface area contributed by atoms with Gasteiger partial charge in [0.05, 0.1) is 17.7 Å². The predicted molar refractivity (Wildman–Crippen MR) is 119 cm³/mol. The maximum absolute atomic E-state index is 13.5. The van der Waals surface area contributed by atoms with Crippen molar-refractivity contribution >= 4 is 27.3 Å². The zero-order valence-corrected chi connectivity index (χ0v) is 19.0. The van der Waals surface area contributed by atoms with Crippen LogP contribution in [0, 0.1) is 5.92 Å². The normalized spacial score (nSPS) is 30.7. The number of likely N-dealkylation sites (N-methyl/N-ethyl adjacent to an activating group) is 1. The maximum atomic E-state index is 13.5. The highest BCUT2D eigenvalue weighted by Crippen LogP contribution is 2.54. The van der Waals surface area contributed by atoms with Gasteiger partial charge in [-0.1, -0.05) is 19.1 Å². The first-order valence-electron chi connectivity index (χ1n) is 10.5. The summed E-state index contributed by atoms with van der Waals surface area (Å²) >= 11 is 6.93. The van der Waals surface area contributed by atoms with Gasteiger partial charge in [-0.25, -0.2) is 8.42 Å². The van der Waals surface area contributed by atoms with Gasteiger partial charge in [-0.05, 0) is 60.8 Å². The van der Waals surface area contributed by atoms with Crippen LogP contribution in [0.3, 0.4) is 0 Å². The molecule has 0 spiro atoms. The fourth-order valence-electron chi connectivity index (χ4n) is 5.74. The van der Waals surface area contributed by atoms with Gasteiger partial charge < -0.3 is 9.64 Å². The highest BCUT2D eigenvalue weighted by molar-refractivity contribution is 7.92. The van der Waals surface area contributed by atoms with Crippen molar-refractivity contribution in [2.75, 3.05) is 31.6 Å². The number of likely N-dealkylation sites (tertiary alicyclic amines) is 1. The fraction of sp³-hybridized carbons (Fsp3) is 0.478. The summed E-state index contributed by atoms with van der Waals surface area (Å²) in [6, 6.07) is 13.1. The van der Waals surface area contributed by atoms with Crippen LogP contribution in [-0.4, -0.2) is 52.0 Å². The molecule has 0 saturated carbocycles. The Kier molecular flexibility index (Phi) is 4.80. The number of sulfonamides is 1. The van der Waals surface area contributed by atoms with E-state index in [2.05, 4.69) is 24.9 Å². The maximum Gasteiger partial charge on any atom is 0.264 e. The van der Waals surface area contributed by atoms with Gasteiger partial charge in [0.25, 0.3) is 10.0 Å². The monoisotopic (exact) mass is 446 g/mol. The minimum absolute atomic E-state index is 0.0610. The molecule has 2 aromatic carbocycles. The minimum atomic E-state index is -3.65. The molecule has 5 nitrogen and oxygen atoms in total. The largest absolute Gasteiger partial charge is 0.497 e. The van der Waals surface area contributed by atoms with E-state index in [4.69, 9.17) is 16.3 Å². The second-order valence-corrected chi connectivity index (χ2v) is 11.2. The predicted octanol–water partition coefficient (Wildman–Crippen LogP) is 4.03. The lowest BCUT2D eigenvalue weighted by atomic mass is 9.68. The topological polar surface area (TPSA) is 49.9 Å². The number of hydrogen-bond donors (Lipinski definition) is 0. The third-order valence-electron chi connectivity index (χ3n) is 7.16. The van der Waals surface area contributed by atoms with E-state index in [0.29, 0.717) is 24.3 Å². The molecule has 30 heavy (non-hydrogen) atoms. The summed E-state index contributed by atoms with van der Waals surface area (Å²) in [5, 5.41) is 0.0610. The van der Waals surface area contributed by atoms with Crippen molar-refractivity contribution in [3.63, 3.8) is 0 Å². The summed E-state index contributed by atoms with van der Waals surface area (Å²) in [6.45, 7) is 3.67. The lowest BCUT2D eigenvalue weighted by molar-refractivity contribution is 0.106. The molecule has 0 unspecified atom stereocenters. The SMILES string of the molecule is COc1ccc(S(=O)(=O)N2C[C@H]3C[C@@H]4[C@@H](c5cccc2c53)[C@@H](Cl)[C@H](C)CN4C)cc1. The zero-order chi connectivity index (χ0) is 21.2. The van der Waals surface area contributed by atoms with Gasteiger partial charge in [0.1, 0.15) is 5.75 Å². The number of hydrogen-bond acceptors (Lipinski definition) is 4.